The largest absolute Gasteiger partial charge is 0.573 e. The number of benzene rings is 1. The van der Waals surface area contributed by atoms with Crippen LogP contribution in [0, 0.1) is 12.3 Å². The average Bonchev–Trinajstić information content (AvgIpc) is 2.22. The van der Waals surface area contributed by atoms with E-state index in [1.807, 2.05) is 0 Å². The van der Waals surface area contributed by atoms with Crippen LogP contribution in [-0.2, 0) is 0 Å². The van der Waals surface area contributed by atoms with Crippen LogP contribution >= 0.6 is 0 Å². The van der Waals surface area contributed by atoms with E-state index in [0.29, 0.717) is 0 Å². The molecule has 3 nitrogen and oxygen atoms in total. The molecule has 0 fully saturated rings. The van der Waals surface area contributed by atoms with Crippen LogP contribution in [0.3, 0.4) is 0 Å². The summed E-state index contributed by atoms with van der Waals surface area (Å²) in [5.41, 5.74) is 0. The molecule has 0 saturated heterocycles. The second-order valence-corrected chi connectivity index (χ2v) is 2.86. The summed E-state index contributed by atoms with van der Waals surface area (Å²) in [5.74, 6) is 1.90. The lowest BCUT2D eigenvalue weighted by atomic mass is 10.2. The fourth-order valence-electron chi connectivity index (χ4n) is 1.21. The number of ether oxygens (including phenoxy) is 3. The maximum absolute atomic E-state index is 12.0. The molecule has 1 aromatic carbocycles. The number of halogens is 3. The monoisotopic (exact) mass is 230 g/mol. The minimum atomic E-state index is -4.75. The Morgan fingerprint density at radius 3 is 2.69 bits per heavy atom. The third kappa shape index (κ3) is 1.84. The molecule has 2 heterocycles. The van der Waals surface area contributed by atoms with Crippen LogP contribution in [0.5, 0.6) is 23.0 Å². The van der Waals surface area contributed by atoms with Crippen LogP contribution in [-0.4, -0.2) is 13.0 Å². The minimum absolute atomic E-state index is 0.0281. The van der Waals surface area contributed by atoms with Crippen molar-refractivity contribution in [1.29, 1.82) is 0 Å². The number of alkyl halides is 3. The van der Waals surface area contributed by atoms with Gasteiger partial charge in [0.2, 0.25) is 11.5 Å². The van der Waals surface area contributed by atoms with Crippen molar-refractivity contribution in [3.8, 4) is 35.3 Å². The quantitative estimate of drug-likeness (QED) is 0.758. The SMILES string of the molecule is C#CCOc1ccc2c(OC(F)(F)F)c1O2. The Balaban J connectivity index is 2.21. The van der Waals surface area contributed by atoms with Crippen LogP contribution < -0.4 is 14.2 Å². The van der Waals surface area contributed by atoms with E-state index in [4.69, 9.17) is 15.9 Å². The van der Waals surface area contributed by atoms with Gasteiger partial charge < -0.3 is 14.2 Å². The van der Waals surface area contributed by atoms with Crippen LogP contribution in [0.25, 0.3) is 0 Å². The zero-order valence-electron chi connectivity index (χ0n) is 7.80. The maximum Gasteiger partial charge on any atom is 0.573 e. The Morgan fingerprint density at radius 2 is 2.12 bits per heavy atom. The van der Waals surface area contributed by atoms with Crippen molar-refractivity contribution in [1.82, 2.24) is 0 Å². The molecule has 0 unspecified atom stereocenters. The predicted molar refractivity (Wildman–Crippen MR) is 47.5 cm³/mol. The van der Waals surface area contributed by atoms with Crippen LogP contribution in [0.2, 0.25) is 0 Å². The van der Waals surface area contributed by atoms with Crippen molar-refractivity contribution in [3.05, 3.63) is 12.1 Å². The molecule has 16 heavy (non-hydrogen) atoms. The van der Waals surface area contributed by atoms with Gasteiger partial charge in [0, 0.05) is 0 Å². The highest BCUT2D eigenvalue weighted by atomic mass is 19.4. The normalized spacial score (nSPS) is 12.1. The van der Waals surface area contributed by atoms with Crippen molar-refractivity contribution in [2.45, 2.75) is 6.36 Å². The molecule has 6 heteroatoms. The standard InChI is InChI=1S/C10H5F3O3/c1-2-5-14-6-3-4-7-9(8(6)15-7)16-10(11,12)13/h1,3-4H,5H2. The van der Waals surface area contributed by atoms with Gasteiger partial charge in [-0.1, -0.05) is 5.92 Å². The predicted octanol–water partition coefficient (Wildman–Crippen LogP) is 2.70. The highest BCUT2D eigenvalue weighted by Gasteiger charge is 2.39. The Kier molecular flexibility index (Phi) is 2.31. The number of hydrogen-bond acceptors (Lipinski definition) is 3. The minimum Gasteiger partial charge on any atom is -0.477 e. The molecule has 3 rings (SSSR count). The highest BCUT2D eigenvalue weighted by Crippen LogP contribution is 2.56. The number of rotatable bonds is 3. The Hall–Kier alpha value is -2.03. The molecule has 84 valence electrons. The summed E-state index contributed by atoms with van der Waals surface area (Å²) >= 11 is 0. The van der Waals surface area contributed by atoms with Gasteiger partial charge in [0.1, 0.15) is 6.61 Å². The molecule has 1 aromatic rings. The maximum atomic E-state index is 12.0. The molecule has 0 amide bonds. The molecule has 0 N–H and O–H groups in total. The van der Waals surface area contributed by atoms with Crippen LogP contribution in [0.4, 0.5) is 13.2 Å². The van der Waals surface area contributed by atoms with Gasteiger partial charge in [0.05, 0.1) is 0 Å². The van der Waals surface area contributed by atoms with Gasteiger partial charge in [-0.05, 0) is 12.1 Å². The lowest BCUT2D eigenvalue weighted by Crippen LogP contribution is -2.20. The Morgan fingerprint density at radius 1 is 1.38 bits per heavy atom. The Labute approximate surface area is 88.7 Å². The Bertz CT molecular complexity index is 460. The first-order valence-electron chi connectivity index (χ1n) is 4.18. The van der Waals surface area contributed by atoms with E-state index in [0.717, 1.165) is 0 Å². The molecule has 0 aromatic heterocycles. The van der Waals surface area contributed by atoms with Gasteiger partial charge in [-0.2, -0.15) is 0 Å². The number of hydrogen-bond donors (Lipinski definition) is 0. The van der Waals surface area contributed by atoms with Gasteiger partial charge in [0.25, 0.3) is 0 Å². The summed E-state index contributed by atoms with van der Waals surface area (Å²) in [5, 5.41) is 0. The fourth-order valence-corrected chi connectivity index (χ4v) is 1.21. The lowest BCUT2D eigenvalue weighted by molar-refractivity contribution is -0.276. The molecule has 0 atom stereocenters. The van der Waals surface area contributed by atoms with Crippen LogP contribution in [0.15, 0.2) is 12.1 Å². The highest BCUT2D eigenvalue weighted by molar-refractivity contribution is 5.67. The van der Waals surface area contributed by atoms with Gasteiger partial charge in [-0.25, -0.2) is 0 Å². The molecule has 2 bridgehead atoms. The van der Waals surface area contributed by atoms with Gasteiger partial charge >= 0.3 is 6.36 Å². The molecule has 0 saturated carbocycles. The summed E-state index contributed by atoms with van der Waals surface area (Å²) in [4.78, 5) is 0. The van der Waals surface area contributed by atoms with E-state index in [2.05, 4.69) is 10.7 Å². The van der Waals surface area contributed by atoms with Crippen molar-refractivity contribution >= 4 is 0 Å². The lowest BCUT2D eigenvalue weighted by Gasteiger charge is -2.26. The topological polar surface area (TPSA) is 27.7 Å². The summed E-state index contributed by atoms with van der Waals surface area (Å²) in [6.45, 7) is -0.0544. The van der Waals surface area contributed by atoms with Crippen molar-refractivity contribution in [3.63, 3.8) is 0 Å². The number of terminal acetylenes is 1. The second kappa shape index (κ2) is 3.52. The molecule has 0 spiro atoms. The van der Waals surface area contributed by atoms with Crippen molar-refractivity contribution in [2.75, 3.05) is 6.61 Å². The first kappa shape index (κ1) is 10.5. The van der Waals surface area contributed by atoms with Crippen molar-refractivity contribution < 1.29 is 27.4 Å². The molecule has 0 aliphatic carbocycles. The first-order valence-corrected chi connectivity index (χ1v) is 4.18. The van der Waals surface area contributed by atoms with E-state index in [1.165, 1.54) is 12.1 Å². The zero-order valence-corrected chi connectivity index (χ0v) is 7.80. The second-order valence-electron chi connectivity index (χ2n) is 2.86. The molecule has 2 aliphatic rings. The summed E-state index contributed by atoms with van der Waals surface area (Å²) in [6.07, 6.45) is 0.203. The summed E-state index contributed by atoms with van der Waals surface area (Å²) in [6, 6.07) is 2.79. The molecule has 2 aliphatic heterocycles. The van der Waals surface area contributed by atoms with Gasteiger partial charge in [-0.15, -0.1) is 19.6 Å². The van der Waals surface area contributed by atoms with E-state index in [-0.39, 0.29) is 29.6 Å². The molecular formula is C10H5F3O3. The van der Waals surface area contributed by atoms with E-state index in [9.17, 15) is 13.2 Å². The van der Waals surface area contributed by atoms with Gasteiger partial charge in [-0.3, -0.25) is 0 Å². The van der Waals surface area contributed by atoms with Crippen LogP contribution in [0.1, 0.15) is 0 Å². The summed E-state index contributed by atoms with van der Waals surface area (Å²) in [7, 11) is 0. The molecular weight excluding hydrogens is 225 g/mol. The average molecular weight is 230 g/mol. The summed E-state index contributed by atoms with van der Waals surface area (Å²) < 4.78 is 49.6. The third-order valence-corrected chi connectivity index (χ3v) is 1.78. The third-order valence-electron chi connectivity index (χ3n) is 1.78. The fraction of sp³-hybridized carbons (Fsp3) is 0.200. The smallest absolute Gasteiger partial charge is 0.477 e. The van der Waals surface area contributed by atoms with Gasteiger partial charge in [0.15, 0.2) is 11.5 Å². The zero-order chi connectivity index (χ0) is 11.8. The van der Waals surface area contributed by atoms with E-state index in [1.54, 1.807) is 0 Å². The number of fused-ring (bicyclic) bond motifs is 2. The van der Waals surface area contributed by atoms with E-state index >= 15 is 0 Å². The molecule has 0 radical (unpaired) electrons. The van der Waals surface area contributed by atoms with Crippen molar-refractivity contribution in [2.24, 2.45) is 0 Å². The van der Waals surface area contributed by atoms with E-state index < -0.39 is 6.36 Å². The first-order chi connectivity index (χ1) is 7.51.